The summed E-state index contributed by atoms with van der Waals surface area (Å²) in [6.07, 6.45) is 7.29. The van der Waals surface area contributed by atoms with Crippen molar-refractivity contribution in [3.05, 3.63) is 29.8 Å². The third-order valence-electron chi connectivity index (χ3n) is 4.66. The van der Waals surface area contributed by atoms with Crippen LogP contribution in [0, 0.1) is 35.8 Å². The van der Waals surface area contributed by atoms with Crippen LogP contribution in [0.4, 0.5) is 14.5 Å². The average molecular weight is 332 g/mol. The summed E-state index contributed by atoms with van der Waals surface area (Å²) in [4.78, 5) is 27.9. The van der Waals surface area contributed by atoms with E-state index in [1.807, 2.05) is 0 Å². The fourth-order valence-electron chi connectivity index (χ4n) is 3.35. The summed E-state index contributed by atoms with van der Waals surface area (Å²) in [7, 11) is 0. The first kappa shape index (κ1) is 16.4. The molecule has 24 heavy (non-hydrogen) atoms. The molecule has 2 amide bonds. The standard InChI is InChI=1S/C18H18F2N2O2/c1-2-12-4-3-7-21(10-12)18(24)13-8-17(23)22(11-13)14-5-6-15(19)16(20)9-14/h1,5-6,9,12-13H,3-4,7-8,10-11H2/t12-,13+/m0/s1. The Balaban J connectivity index is 1.71. The van der Waals surface area contributed by atoms with Gasteiger partial charge in [-0.3, -0.25) is 9.59 Å². The van der Waals surface area contributed by atoms with Gasteiger partial charge in [0.05, 0.1) is 5.92 Å². The number of carbonyl (C=O) groups excluding carboxylic acids is 2. The minimum Gasteiger partial charge on any atom is -0.341 e. The molecule has 0 aliphatic carbocycles. The highest BCUT2D eigenvalue weighted by Crippen LogP contribution is 2.28. The second-order valence-electron chi connectivity index (χ2n) is 6.29. The van der Waals surface area contributed by atoms with Gasteiger partial charge in [-0.25, -0.2) is 8.78 Å². The van der Waals surface area contributed by atoms with Crippen molar-refractivity contribution in [3.63, 3.8) is 0 Å². The van der Waals surface area contributed by atoms with Crippen LogP contribution in [0.25, 0.3) is 0 Å². The first-order valence-electron chi connectivity index (χ1n) is 8.00. The lowest BCUT2D eigenvalue weighted by Crippen LogP contribution is -2.43. The topological polar surface area (TPSA) is 40.6 Å². The second-order valence-corrected chi connectivity index (χ2v) is 6.29. The highest BCUT2D eigenvalue weighted by Gasteiger charge is 2.38. The summed E-state index contributed by atoms with van der Waals surface area (Å²) in [5.41, 5.74) is 0.273. The number of carbonyl (C=O) groups is 2. The number of hydrogen-bond acceptors (Lipinski definition) is 2. The Morgan fingerprint density at radius 2 is 2.04 bits per heavy atom. The summed E-state index contributed by atoms with van der Waals surface area (Å²) in [6.45, 7) is 1.35. The molecule has 6 heteroatoms. The molecule has 2 fully saturated rings. The molecule has 2 saturated heterocycles. The van der Waals surface area contributed by atoms with Crippen molar-refractivity contribution in [2.45, 2.75) is 19.3 Å². The van der Waals surface area contributed by atoms with Gasteiger partial charge in [-0.2, -0.15) is 0 Å². The van der Waals surface area contributed by atoms with Gasteiger partial charge in [0.2, 0.25) is 11.8 Å². The summed E-state index contributed by atoms with van der Waals surface area (Å²) >= 11 is 0. The van der Waals surface area contributed by atoms with Crippen molar-refractivity contribution in [3.8, 4) is 12.3 Å². The summed E-state index contributed by atoms with van der Waals surface area (Å²) in [5.74, 6) is -0.0529. The quantitative estimate of drug-likeness (QED) is 0.779. The lowest BCUT2D eigenvalue weighted by Gasteiger charge is -2.32. The molecule has 3 rings (SSSR count). The largest absolute Gasteiger partial charge is 0.341 e. The van der Waals surface area contributed by atoms with Crippen LogP contribution in [0.3, 0.4) is 0 Å². The highest BCUT2D eigenvalue weighted by atomic mass is 19.2. The van der Waals surface area contributed by atoms with E-state index in [-0.39, 0.29) is 36.4 Å². The molecule has 0 aromatic heterocycles. The van der Waals surface area contributed by atoms with Crippen molar-refractivity contribution in [1.82, 2.24) is 4.90 Å². The third-order valence-corrected chi connectivity index (χ3v) is 4.66. The zero-order valence-corrected chi connectivity index (χ0v) is 13.2. The van der Waals surface area contributed by atoms with Gasteiger partial charge in [-0.1, -0.05) is 0 Å². The number of amides is 2. The van der Waals surface area contributed by atoms with Crippen LogP contribution in [0.15, 0.2) is 18.2 Å². The van der Waals surface area contributed by atoms with Crippen LogP contribution < -0.4 is 4.90 Å². The van der Waals surface area contributed by atoms with Crippen molar-refractivity contribution in [2.24, 2.45) is 11.8 Å². The highest BCUT2D eigenvalue weighted by molar-refractivity contribution is 6.00. The lowest BCUT2D eigenvalue weighted by atomic mass is 9.97. The van der Waals surface area contributed by atoms with E-state index in [0.29, 0.717) is 13.1 Å². The van der Waals surface area contributed by atoms with E-state index in [1.165, 1.54) is 11.0 Å². The van der Waals surface area contributed by atoms with Crippen LogP contribution in [-0.2, 0) is 9.59 Å². The van der Waals surface area contributed by atoms with Gasteiger partial charge in [0.15, 0.2) is 11.6 Å². The van der Waals surface area contributed by atoms with E-state index in [1.54, 1.807) is 4.90 Å². The smallest absolute Gasteiger partial charge is 0.228 e. The molecule has 2 aliphatic heterocycles. The van der Waals surface area contributed by atoms with Crippen molar-refractivity contribution in [1.29, 1.82) is 0 Å². The van der Waals surface area contributed by atoms with Crippen LogP contribution in [0.1, 0.15) is 19.3 Å². The number of halogens is 2. The minimum absolute atomic E-state index is 0.0575. The molecule has 4 nitrogen and oxygen atoms in total. The van der Waals surface area contributed by atoms with Crippen molar-refractivity contribution >= 4 is 17.5 Å². The maximum Gasteiger partial charge on any atom is 0.228 e. The molecular formula is C18H18F2N2O2. The molecule has 0 bridgehead atoms. The Bertz CT molecular complexity index is 713. The third kappa shape index (κ3) is 3.12. The van der Waals surface area contributed by atoms with Gasteiger partial charge >= 0.3 is 0 Å². The van der Waals surface area contributed by atoms with Gasteiger partial charge in [0.25, 0.3) is 0 Å². The van der Waals surface area contributed by atoms with E-state index in [2.05, 4.69) is 5.92 Å². The zero-order chi connectivity index (χ0) is 17.3. The zero-order valence-electron chi connectivity index (χ0n) is 13.2. The van der Waals surface area contributed by atoms with Crippen molar-refractivity contribution in [2.75, 3.05) is 24.5 Å². The maximum atomic E-state index is 13.4. The first-order valence-corrected chi connectivity index (χ1v) is 8.00. The maximum absolute atomic E-state index is 13.4. The van der Waals surface area contributed by atoms with Gasteiger partial charge in [-0.05, 0) is 25.0 Å². The van der Waals surface area contributed by atoms with E-state index in [9.17, 15) is 18.4 Å². The predicted octanol–water partition coefficient (Wildman–Crippen LogP) is 2.19. The summed E-state index contributed by atoms with van der Waals surface area (Å²) < 4.78 is 26.4. The molecule has 1 aromatic rings. The van der Waals surface area contributed by atoms with E-state index in [4.69, 9.17) is 6.42 Å². The van der Waals surface area contributed by atoms with Crippen LogP contribution >= 0.6 is 0 Å². The van der Waals surface area contributed by atoms with Crippen LogP contribution in [0.2, 0.25) is 0 Å². The number of anilines is 1. The fraction of sp³-hybridized carbons (Fsp3) is 0.444. The Morgan fingerprint density at radius 1 is 1.25 bits per heavy atom. The molecule has 0 saturated carbocycles. The van der Waals surface area contributed by atoms with E-state index >= 15 is 0 Å². The van der Waals surface area contributed by atoms with Crippen molar-refractivity contribution < 1.29 is 18.4 Å². The average Bonchev–Trinajstić information content (AvgIpc) is 2.98. The Labute approximate surface area is 139 Å². The Kier molecular flexibility index (Phi) is 4.52. The van der Waals surface area contributed by atoms with Gasteiger partial charge < -0.3 is 9.80 Å². The molecule has 1 aromatic carbocycles. The fourth-order valence-corrected chi connectivity index (χ4v) is 3.35. The summed E-state index contributed by atoms with van der Waals surface area (Å²) in [6, 6.07) is 3.31. The first-order chi connectivity index (χ1) is 11.5. The molecule has 0 unspecified atom stereocenters. The van der Waals surface area contributed by atoms with Gasteiger partial charge in [0, 0.05) is 43.7 Å². The monoisotopic (exact) mass is 332 g/mol. The number of hydrogen-bond donors (Lipinski definition) is 0. The van der Waals surface area contributed by atoms with Gasteiger partial charge in [-0.15, -0.1) is 12.3 Å². The number of likely N-dealkylation sites (tertiary alicyclic amines) is 1. The van der Waals surface area contributed by atoms with E-state index < -0.39 is 17.6 Å². The van der Waals surface area contributed by atoms with Crippen LogP contribution in [-0.4, -0.2) is 36.3 Å². The number of benzene rings is 1. The number of rotatable bonds is 2. The molecule has 0 spiro atoms. The predicted molar refractivity (Wildman–Crippen MR) is 85.0 cm³/mol. The van der Waals surface area contributed by atoms with E-state index in [0.717, 1.165) is 25.0 Å². The molecule has 0 N–H and O–H groups in total. The lowest BCUT2D eigenvalue weighted by molar-refractivity contribution is -0.137. The molecular weight excluding hydrogens is 314 g/mol. The molecule has 126 valence electrons. The second kappa shape index (κ2) is 6.60. The summed E-state index contributed by atoms with van der Waals surface area (Å²) in [5, 5.41) is 0. The molecule has 2 atom stereocenters. The molecule has 2 aliphatic rings. The minimum atomic E-state index is -1.01. The molecule has 0 radical (unpaired) electrons. The van der Waals surface area contributed by atoms with Gasteiger partial charge in [0.1, 0.15) is 0 Å². The number of piperidine rings is 1. The molecule has 2 heterocycles. The number of nitrogens with zero attached hydrogens (tertiary/aromatic N) is 2. The Hall–Kier alpha value is -2.42. The van der Waals surface area contributed by atoms with Crippen LogP contribution in [0.5, 0.6) is 0 Å². The normalized spacial score (nSPS) is 24.1. The SMILES string of the molecule is C#C[C@H]1CCCN(C(=O)[C@@H]2CC(=O)N(c3ccc(F)c(F)c3)C2)C1. The Morgan fingerprint density at radius 3 is 2.75 bits per heavy atom. The number of terminal acetylenes is 1.